The van der Waals surface area contributed by atoms with Gasteiger partial charge in [-0.05, 0) is 83.5 Å². The van der Waals surface area contributed by atoms with Gasteiger partial charge in [0.05, 0.1) is 0 Å². The molecule has 0 aromatic heterocycles. The van der Waals surface area contributed by atoms with Gasteiger partial charge in [-0.3, -0.25) is 14.4 Å². The monoisotopic (exact) mass is 877 g/mol. The SMILES string of the molecule is CC/C=C\C/C=C\C/C=C\C/C=C\C/C=C\CCCCCC(=O)OCC(COC(=O)CCCCC/C=C\C=C/CCCC)OC(=O)CCCCCCCCCCCCCCCCC. The van der Waals surface area contributed by atoms with Crippen LogP contribution in [0.15, 0.2) is 85.1 Å². The van der Waals surface area contributed by atoms with Crippen molar-refractivity contribution < 1.29 is 28.6 Å². The van der Waals surface area contributed by atoms with Crippen molar-refractivity contribution >= 4 is 17.9 Å². The van der Waals surface area contributed by atoms with E-state index in [-0.39, 0.29) is 31.1 Å². The first-order valence-corrected chi connectivity index (χ1v) is 26.1. The van der Waals surface area contributed by atoms with Crippen LogP contribution in [0.3, 0.4) is 0 Å². The summed E-state index contributed by atoms with van der Waals surface area (Å²) in [5.74, 6) is -0.957. The average molecular weight is 877 g/mol. The van der Waals surface area contributed by atoms with Gasteiger partial charge in [-0.25, -0.2) is 0 Å². The molecule has 63 heavy (non-hydrogen) atoms. The van der Waals surface area contributed by atoms with Gasteiger partial charge in [0.25, 0.3) is 0 Å². The van der Waals surface area contributed by atoms with Crippen LogP contribution in [0.5, 0.6) is 0 Å². The molecule has 1 atom stereocenters. The van der Waals surface area contributed by atoms with Crippen LogP contribution in [0.25, 0.3) is 0 Å². The van der Waals surface area contributed by atoms with E-state index in [1.807, 2.05) is 0 Å². The molecule has 0 saturated carbocycles. The Morgan fingerprint density at radius 1 is 0.349 bits per heavy atom. The summed E-state index contributed by atoms with van der Waals surface area (Å²) in [6, 6.07) is 0. The van der Waals surface area contributed by atoms with E-state index in [0.717, 1.165) is 109 Å². The molecule has 360 valence electrons. The molecule has 6 heteroatoms. The molecular formula is C57H96O6. The minimum atomic E-state index is -0.799. The highest BCUT2D eigenvalue weighted by Crippen LogP contribution is 2.15. The van der Waals surface area contributed by atoms with E-state index >= 15 is 0 Å². The minimum Gasteiger partial charge on any atom is -0.462 e. The topological polar surface area (TPSA) is 78.9 Å². The van der Waals surface area contributed by atoms with Crippen LogP contribution in [0.4, 0.5) is 0 Å². The molecule has 0 aliphatic heterocycles. The van der Waals surface area contributed by atoms with Crippen molar-refractivity contribution in [2.24, 2.45) is 0 Å². The zero-order valence-corrected chi connectivity index (χ0v) is 41.1. The summed E-state index contributed by atoms with van der Waals surface area (Å²) in [5.41, 5.74) is 0. The average Bonchev–Trinajstić information content (AvgIpc) is 3.28. The largest absolute Gasteiger partial charge is 0.462 e. The van der Waals surface area contributed by atoms with E-state index in [4.69, 9.17) is 14.2 Å². The molecular weight excluding hydrogens is 781 g/mol. The fourth-order valence-corrected chi connectivity index (χ4v) is 6.97. The predicted octanol–water partition coefficient (Wildman–Crippen LogP) is 17.2. The molecule has 0 amide bonds. The molecule has 6 nitrogen and oxygen atoms in total. The maximum Gasteiger partial charge on any atom is 0.306 e. The molecule has 0 heterocycles. The van der Waals surface area contributed by atoms with Crippen molar-refractivity contribution in [1.29, 1.82) is 0 Å². The second-order valence-electron chi connectivity index (χ2n) is 17.1. The second-order valence-corrected chi connectivity index (χ2v) is 17.1. The van der Waals surface area contributed by atoms with Crippen molar-refractivity contribution in [2.45, 2.75) is 245 Å². The highest BCUT2D eigenvalue weighted by atomic mass is 16.6. The molecule has 0 aliphatic rings. The molecule has 0 aliphatic carbocycles. The summed E-state index contributed by atoms with van der Waals surface area (Å²) in [4.78, 5) is 37.9. The van der Waals surface area contributed by atoms with Gasteiger partial charge in [-0.1, -0.05) is 221 Å². The molecule has 0 aromatic rings. The van der Waals surface area contributed by atoms with Gasteiger partial charge < -0.3 is 14.2 Å². The van der Waals surface area contributed by atoms with Crippen molar-refractivity contribution in [1.82, 2.24) is 0 Å². The first kappa shape index (κ1) is 59.6. The summed E-state index contributed by atoms with van der Waals surface area (Å²) in [6.07, 6.45) is 65.7. The highest BCUT2D eigenvalue weighted by molar-refractivity contribution is 5.71. The first-order chi connectivity index (χ1) is 31.0. The standard InChI is InChI=1S/C57H96O6/c1-4-7-10-13-16-19-22-24-26-27-28-29-31-32-35-38-41-44-47-50-56(59)62-53-54(52-61-55(58)49-46-43-40-37-34-21-18-15-12-9-6-3)63-57(60)51-48-45-42-39-36-33-30-25-23-20-17-14-11-8-5-2/h7,10,15-16,18-19,21,24,26,28-29,32,34-35,54H,4-6,8-9,11-14,17,20,22-23,25,27,30-31,33,36-53H2,1-3H3/b10-7-,18-15-,19-16-,26-24-,29-28-,34-21-,35-32-. The van der Waals surface area contributed by atoms with Gasteiger partial charge in [0, 0.05) is 19.3 Å². The Morgan fingerprint density at radius 2 is 0.683 bits per heavy atom. The highest BCUT2D eigenvalue weighted by Gasteiger charge is 2.19. The molecule has 0 radical (unpaired) electrons. The van der Waals surface area contributed by atoms with Gasteiger partial charge in [-0.2, -0.15) is 0 Å². The third-order valence-corrected chi connectivity index (χ3v) is 10.9. The fourth-order valence-electron chi connectivity index (χ4n) is 6.97. The number of rotatable bonds is 46. The lowest BCUT2D eigenvalue weighted by atomic mass is 10.0. The van der Waals surface area contributed by atoms with Crippen LogP contribution in [0.1, 0.15) is 239 Å². The normalized spacial score (nSPS) is 12.7. The smallest absolute Gasteiger partial charge is 0.306 e. The maximum atomic E-state index is 12.8. The van der Waals surface area contributed by atoms with Crippen molar-refractivity contribution in [3.05, 3.63) is 85.1 Å². The number of hydrogen-bond acceptors (Lipinski definition) is 6. The Balaban J connectivity index is 4.44. The number of carbonyl (C=O) groups excluding carboxylic acids is 3. The van der Waals surface area contributed by atoms with Crippen LogP contribution in [-0.4, -0.2) is 37.2 Å². The number of carbonyl (C=O) groups is 3. The van der Waals surface area contributed by atoms with Crippen molar-refractivity contribution in [3.8, 4) is 0 Å². The lowest BCUT2D eigenvalue weighted by molar-refractivity contribution is -0.167. The molecule has 0 N–H and O–H groups in total. The third-order valence-electron chi connectivity index (χ3n) is 10.9. The molecule has 0 spiro atoms. The van der Waals surface area contributed by atoms with Crippen LogP contribution in [0.2, 0.25) is 0 Å². The van der Waals surface area contributed by atoms with Gasteiger partial charge in [-0.15, -0.1) is 0 Å². The summed E-state index contributed by atoms with van der Waals surface area (Å²) >= 11 is 0. The maximum absolute atomic E-state index is 12.8. The van der Waals surface area contributed by atoms with Crippen LogP contribution in [0, 0.1) is 0 Å². The van der Waals surface area contributed by atoms with E-state index in [2.05, 4.69) is 106 Å². The molecule has 0 rings (SSSR count). The molecule has 0 bridgehead atoms. The zero-order chi connectivity index (χ0) is 45.8. The third kappa shape index (κ3) is 49.5. The number of ether oxygens (including phenoxy) is 3. The van der Waals surface area contributed by atoms with Crippen molar-refractivity contribution in [2.75, 3.05) is 13.2 Å². The summed E-state index contributed by atoms with van der Waals surface area (Å²) < 4.78 is 16.7. The van der Waals surface area contributed by atoms with Crippen LogP contribution < -0.4 is 0 Å². The first-order valence-electron chi connectivity index (χ1n) is 26.1. The van der Waals surface area contributed by atoms with Gasteiger partial charge in [0.2, 0.25) is 0 Å². The predicted molar refractivity (Wildman–Crippen MR) is 270 cm³/mol. The molecule has 0 aromatic carbocycles. The Morgan fingerprint density at radius 3 is 1.11 bits per heavy atom. The van der Waals surface area contributed by atoms with E-state index in [1.54, 1.807) is 0 Å². The summed E-state index contributed by atoms with van der Waals surface area (Å²) in [5, 5.41) is 0. The number of hydrogen-bond donors (Lipinski definition) is 0. The van der Waals surface area contributed by atoms with E-state index in [1.165, 1.54) is 89.9 Å². The van der Waals surface area contributed by atoms with E-state index < -0.39 is 6.10 Å². The Hall–Kier alpha value is -3.41. The van der Waals surface area contributed by atoms with Crippen molar-refractivity contribution in [3.63, 3.8) is 0 Å². The lowest BCUT2D eigenvalue weighted by Gasteiger charge is -2.18. The Kier molecular flexibility index (Phi) is 48.5. The fraction of sp³-hybridized carbons (Fsp3) is 0.702. The van der Waals surface area contributed by atoms with E-state index in [0.29, 0.717) is 19.3 Å². The number of unbranched alkanes of at least 4 members (excludes halogenated alkanes) is 22. The zero-order valence-electron chi connectivity index (χ0n) is 41.1. The summed E-state index contributed by atoms with van der Waals surface area (Å²) in [6.45, 7) is 6.42. The van der Waals surface area contributed by atoms with Crippen LogP contribution in [-0.2, 0) is 28.6 Å². The molecule has 0 fully saturated rings. The second kappa shape index (κ2) is 51.2. The van der Waals surface area contributed by atoms with E-state index in [9.17, 15) is 14.4 Å². The van der Waals surface area contributed by atoms with Gasteiger partial charge >= 0.3 is 17.9 Å². The Bertz CT molecular complexity index is 1240. The van der Waals surface area contributed by atoms with Crippen LogP contribution >= 0.6 is 0 Å². The number of allylic oxidation sites excluding steroid dienone is 14. The Labute approximate surface area is 388 Å². The number of esters is 3. The van der Waals surface area contributed by atoms with Gasteiger partial charge in [0.1, 0.15) is 13.2 Å². The van der Waals surface area contributed by atoms with Gasteiger partial charge in [0.15, 0.2) is 6.10 Å². The summed E-state index contributed by atoms with van der Waals surface area (Å²) in [7, 11) is 0. The quantitative estimate of drug-likeness (QED) is 0.0199. The molecule has 0 saturated heterocycles. The lowest BCUT2D eigenvalue weighted by Crippen LogP contribution is -2.30. The molecule has 1 unspecified atom stereocenters. The minimum absolute atomic E-state index is 0.100.